The molecule has 110 valence electrons. The quantitative estimate of drug-likeness (QED) is 0.782. The third kappa shape index (κ3) is 2.46. The van der Waals surface area contributed by atoms with E-state index < -0.39 is 10.0 Å². The molecule has 4 fully saturated rings. The molecule has 4 rings (SSSR count). The zero-order valence-corrected chi connectivity index (χ0v) is 13.4. The minimum atomic E-state index is -3.01. The lowest BCUT2D eigenvalue weighted by Gasteiger charge is -2.59. The van der Waals surface area contributed by atoms with Crippen LogP contribution < -0.4 is 0 Å². The molecule has 4 heteroatoms. The molecule has 0 spiro atoms. The van der Waals surface area contributed by atoms with Crippen molar-refractivity contribution < 1.29 is 8.42 Å². The zero-order chi connectivity index (χ0) is 14.0. The van der Waals surface area contributed by atoms with Crippen LogP contribution in [0, 0.1) is 23.2 Å². The maximum atomic E-state index is 12.0. The fraction of sp³-hybridized carbons (Fsp3) is 1.00. The molecule has 2 aliphatic heterocycles. The SMILES string of the molecule is CC(C)(C)CC1C2CC3CC1CC(C2)N3S(C)(=O)=O. The van der Waals surface area contributed by atoms with Crippen LogP contribution in [0.4, 0.5) is 0 Å². The lowest BCUT2D eigenvalue weighted by Crippen LogP contribution is -2.62. The lowest BCUT2D eigenvalue weighted by atomic mass is 9.56. The molecule has 2 heterocycles. The van der Waals surface area contributed by atoms with Crippen LogP contribution in [0.1, 0.15) is 52.9 Å². The van der Waals surface area contributed by atoms with Gasteiger partial charge in [0, 0.05) is 12.1 Å². The summed E-state index contributed by atoms with van der Waals surface area (Å²) in [5.41, 5.74) is 0.399. The van der Waals surface area contributed by atoms with Gasteiger partial charge in [-0.2, -0.15) is 4.31 Å². The predicted octanol–water partition coefficient (Wildman–Crippen LogP) is 2.87. The third-order valence-corrected chi connectivity index (χ3v) is 6.82. The molecule has 0 amide bonds. The Labute approximate surface area is 117 Å². The predicted molar refractivity (Wildman–Crippen MR) is 77.3 cm³/mol. The van der Waals surface area contributed by atoms with Crippen molar-refractivity contribution >= 4 is 10.0 Å². The van der Waals surface area contributed by atoms with Gasteiger partial charge in [-0.25, -0.2) is 8.42 Å². The Morgan fingerprint density at radius 3 is 1.74 bits per heavy atom. The van der Waals surface area contributed by atoms with Crippen molar-refractivity contribution in [3.63, 3.8) is 0 Å². The summed E-state index contributed by atoms with van der Waals surface area (Å²) in [5, 5.41) is 0. The van der Waals surface area contributed by atoms with Crippen molar-refractivity contribution in [2.45, 2.75) is 65.0 Å². The summed E-state index contributed by atoms with van der Waals surface area (Å²) in [7, 11) is -3.01. The van der Waals surface area contributed by atoms with E-state index in [0.717, 1.165) is 43.4 Å². The van der Waals surface area contributed by atoms with Gasteiger partial charge in [-0.05, 0) is 55.3 Å². The molecule has 0 unspecified atom stereocenters. The zero-order valence-electron chi connectivity index (χ0n) is 12.6. The molecule has 2 aliphatic carbocycles. The Morgan fingerprint density at radius 2 is 1.42 bits per heavy atom. The van der Waals surface area contributed by atoms with Gasteiger partial charge in [0.1, 0.15) is 0 Å². The summed E-state index contributed by atoms with van der Waals surface area (Å²) in [6, 6.07) is 0.627. The highest BCUT2D eigenvalue weighted by molar-refractivity contribution is 7.88. The Hall–Kier alpha value is -0.0900. The first-order valence-electron chi connectivity index (χ1n) is 7.64. The molecular formula is C15H27NO2S. The fourth-order valence-corrected chi connectivity index (χ4v) is 6.59. The van der Waals surface area contributed by atoms with Crippen LogP contribution in [-0.4, -0.2) is 31.1 Å². The first-order chi connectivity index (χ1) is 8.65. The Morgan fingerprint density at radius 1 is 1.00 bits per heavy atom. The summed E-state index contributed by atoms with van der Waals surface area (Å²) < 4.78 is 25.8. The molecule has 0 N–H and O–H groups in total. The second kappa shape index (κ2) is 4.20. The van der Waals surface area contributed by atoms with E-state index in [9.17, 15) is 8.42 Å². The number of hydrogen-bond donors (Lipinski definition) is 0. The van der Waals surface area contributed by atoms with E-state index in [-0.39, 0.29) is 0 Å². The topological polar surface area (TPSA) is 37.4 Å². The van der Waals surface area contributed by atoms with Gasteiger partial charge in [-0.1, -0.05) is 20.8 Å². The summed E-state index contributed by atoms with van der Waals surface area (Å²) in [6.07, 6.45) is 7.14. The summed E-state index contributed by atoms with van der Waals surface area (Å²) in [6.45, 7) is 7.00. The first-order valence-corrected chi connectivity index (χ1v) is 9.48. The van der Waals surface area contributed by atoms with Crippen LogP contribution in [-0.2, 0) is 10.0 Å². The van der Waals surface area contributed by atoms with E-state index in [2.05, 4.69) is 20.8 Å². The van der Waals surface area contributed by atoms with Gasteiger partial charge in [-0.3, -0.25) is 0 Å². The van der Waals surface area contributed by atoms with Crippen LogP contribution in [0.25, 0.3) is 0 Å². The normalized spacial score (nSPS) is 42.8. The first kappa shape index (κ1) is 13.9. The molecule has 4 aliphatic rings. The van der Waals surface area contributed by atoms with Gasteiger partial charge in [0.15, 0.2) is 0 Å². The monoisotopic (exact) mass is 285 g/mol. The Balaban J connectivity index is 1.80. The molecule has 0 radical (unpaired) electrons. The molecular weight excluding hydrogens is 258 g/mol. The van der Waals surface area contributed by atoms with E-state index in [0.29, 0.717) is 17.5 Å². The van der Waals surface area contributed by atoms with Gasteiger partial charge in [0.05, 0.1) is 6.26 Å². The van der Waals surface area contributed by atoms with Crippen LogP contribution in [0.15, 0.2) is 0 Å². The van der Waals surface area contributed by atoms with Crippen molar-refractivity contribution in [1.82, 2.24) is 4.31 Å². The van der Waals surface area contributed by atoms with Crippen molar-refractivity contribution in [2.75, 3.05) is 6.26 Å². The van der Waals surface area contributed by atoms with Gasteiger partial charge < -0.3 is 0 Å². The van der Waals surface area contributed by atoms with Crippen LogP contribution in [0.2, 0.25) is 0 Å². The molecule has 0 aromatic carbocycles. The largest absolute Gasteiger partial charge is 0.212 e. The fourth-order valence-electron chi connectivity index (χ4n) is 5.16. The van der Waals surface area contributed by atoms with Crippen molar-refractivity contribution in [2.24, 2.45) is 23.2 Å². The molecule has 0 aromatic rings. The second-order valence-corrected chi connectivity index (χ2v) is 10.2. The van der Waals surface area contributed by atoms with Gasteiger partial charge in [0.2, 0.25) is 10.0 Å². The number of hydrogen-bond acceptors (Lipinski definition) is 2. The minimum Gasteiger partial charge on any atom is -0.212 e. The van der Waals surface area contributed by atoms with Gasteiger partial charge in [-0.15, -0.1) is 0 Å². The summed E-state index contributed by atoms with van der Waals surface area (Å²) in [5.74, 6) is 2.40. The molecule has 3 nitrogen and oxygen atoms in total. The maximum Gasteiger partial charge on any atom is 0.211 e. The Bertz CT molecular complexity index is 433. The van der Waals surface area contributed by atoms with Gasteiger partial charge >= 0.3 is 0 Å². The highest BCUT2D eigenvalue weighted by Gasteiger charge is 2.54. The van der Waals surface area contributed by atoms with E-state index in [1.807, 2.05) is 4.31 Å². The summed E-state index contributed by atoms with van der Waals surface area (Å²) >= 11 is 0. The van der Waals surface area contributed by atoms with Gasteiger partial charge in [0.25, 0.3) is 0 Å². The maximum absolute atomic E-state index is 12.0. The highest BCUT2D eigenvalue weighted by Crippen LogP contribution is 2.55. The number of rotatable bonds is 2. The van der Waals surface area contributed by atoms with E-state index in [1.54, 1.807) is 0 Å². The molecule has 0 aromatic heterocycles. The second-order valence-electron chi connectivity index (χ2n) is 8.29. The molecule has 4 bridgehead atoms. The standard InChI is InChI=1S/C15H27NO2S/c1-15(2,3)9-14-10-5-12-7-11(14)8-13(6-10)16(12)19(4,17)18/h10-14H,5-9H2,1-4H3. The van der Waals surface area contributed by atoms with Crippen LogP contribution in [0.5, 0.6) is 0 Å². The van der Waals surface area contributed by atoms with Crippen LogP contribution in [0.3, 0.4) is 0 Å². The van der Waals surface area contributed by atoms with E-state index >= 15 is 0 Å². The highest BCUT2D eigenvalue weighted by atomic mass is 32.2. The third-order valence-electron chi connectivity index (χ3n) is 5.46. The number of piperidine rings is 2. The number of nitrogens with zero attached hydrogens (tertiary/aromatic N) is 1. The molecule has 2 saturated heterocycles. The van der Waals surface area contributed by atoms with E-state index in [4.69, 9.17) is 0 Å². The smallest absolute Gasteiger partial charge is 0.211 e. The molecule has 19 heavy (non-hydrogen) atoms. The molecule has 0 atom stereocenters. The van der Waals surface area contributed by atoms with Crippen molar-refractivity contribution in [3.05, 3.63) is 0 Å². The Kier molecular flexibility index (Phi) is 3.07. The minimum absolute atomic E-state index is 0.314. The number of sulfonamides is 1. The van der Waals surface area contributed by atoms with Crippen molar-refractivity contribution in [3.8, 4) is 0 Å². The van der Waals surface area contributed by atoms with E-state index in [1.165, 1.54) is 12.7 Å². The lowest BCUT2D eigenvalue weighted by molar-refractivity contribution is -0.0657. The average Bonchev–Trinajstić information content (AvgIpc) is 2.18. The summed E-state index contributed by atoms with van der Waals surface area (Å²) in [4.78, 5) is 0. The molecule has 2 saturated carbocycles. The van der Waals surface area contributed by atoms with Crippen LogP contribution >= 0.6 is 0 Å². The average molecular weight is 285 g/mol. The van der Waals surface area contributed by atoms with Crippen molar-refractivity contribution in [1.29, 1.82) is 0 Å².